The first kappa shape index (κ1) is 17.4. The third-order valence-corrected chi connectivity index (χ3v) is 4.41. The Balaban J connectivity index is 2.11. The van der Waals surface area contributed by atoms with E-state index in [1.165, 1.54) is 18.5 Å². The fraction of sp³-hybridized carbons (Fsp3) is 0. The van der Waals surface area contributed by atoms with E-state index >= 15 is 0 Å². The second-order valence-electron chi connectivity index (χ2n) is 5.12. The number of anilines is 1. The van der Waals surface area contributed by atoms with Gasteiger partial charge in [-0.05, 0) is 34.5 Å². The minimum absolute atomic E-state index is 0.0818. The molecule has 132 valence electrons. The van der Waals surface area contributed by atoms with E-state index in [1.54, 1.807) is 36.4 Å². The molecule has 11 heteroatoms. The second-order valence-corrected chi connectivity index (χ2v) is 6.65. The molecule has 0 aliphatic carbocycles. The molecule has 0 saturated carbocycles. The molecule has 3 rings (SSSR count). The van der Waals surface area contributed by atoms with Gasteiger partial charge in [-0.1, -0.05) is 24.3 Å². The Morgan fingerprint density at radius 3 is 2.58 bits per heavy atom. The largest absolute Gasteiger partial charge is 0.278 e. The van der Waals surface area contributed by atoms with Crippen LogP contribution >= 0.6 is 0 Å². The van der Waals surface area contributed by atoms with Crippen LogP contribution in [0.4, 0.5) is 5.69 Å². The summed E-state index contributed by atoms with van der Waals surface area (Å²) in [5.74, 6) is 0.134. The monoisotopic (exact) mass is 371 g/mol. The molecule has 0 spiro atoms. The number of nitrogens with zero attached hydrogens (tertiary/aromatic N) is 4. The number of benzene rings is 2. The van der Waals surface area contributed by atoms with Crippen LogP contribution in [0.1, 0.15) is 0 Å². The molecule has 0 atom stereocenters. The van der Waals surface area contributed by atoms with Crippen LogP contribution in [0.25, 0.3) is 22.5 Å². The number of H-pyrrole nitrogens is 1. The maximum absolute atomic E-state index is 12.0. The van der Waals surface area contributed by atoms with E-state index < -0.39 is 10.0 Å². The minimum atomic E-state index is -3.98. The van der Waals surface area contributed by atoms with Crippen LogP contribution in [0.15, 0.2) is 52.5 Å². The minimum Gasteiger partial charge on any atom is -0.278 e. The van der Waals surface area contributed by atoms with Crippen molar-refractivity contribution in [3.8, 4) is 22.5 Å². The van der Waals surface area contributed by atoms with Crippen molar-refractivity contribution in [1.29, 1.82) is 0 Å². The average Bonchev–Trinajstić information content (AvgIpc) is 3.15. The number of aromatic amines is 1. The van der Waals surface area contributed by atoms with E-state index in [1.807, 2.05) is 0 Å². The van der Waals surface area contributed by atoms with E-state index in [9.17, 15) is 8.42 Å². The van der Waals surface area contributed by atoms with Gasteiger partial charge in [0.2, 0.25) is 15.8 Å². The zero-order valence-corrected chi connectivity index (χ0v) is 14.2. The van der Waals surface area contributed by atoms with Gasteiger partial charge >= 0.3 is 0 Å². The number of hydrogen-bond acceptors (Lipinski definition) is 7. The van der Waals surface area contributed by atoms with Crippen molar-refractivity contribution in [2.75, 3.05) is 5.43 Å². The first-order valence-electron chi connectivity index (χ1n) is 7.33. The van der Waals surface area contributed by atoms with Gasteiger partial charge in [-0.2, -0.15) is 10.3 Å². The van der Waals surface area contributed by atoms with Gasteiger partial charge in [0.1, 0.15) is 6.21 Å². The van der Waals surface area contributed by atoms with Crippen molar-refractivity contribution < 1.29 is 13.8 Å². The lowest BCUT2D eigenvalue weighted by atomic mass is 9.99. The molecule has 6 N–H and O–H groups in total. The Hall–Kier alpha value is -3.44. The number of rotatable bonds is 6. The predicted molar refractivity (Wildman–Crippen MR) is 96.5 cm³/mol. The van der Waals surface area contributed by atoms with Gasteiger partial charge in [-0.3, -0.25) is 10.8 Å². The molecule has 0 bridgehead atoms. The van der Waals surface area contributed by atoms with Crippen molar-refractivity contribution in [2.45, 2.75) is 4.90 Å². The fourth-order valence-electron chi connectivity index (χ4n) is 2.39. The van der Waals surface area contributed by atoms with Crippen LogP contribution in [-0.2, 0) is 10.0 Å². The highest BCUT2D eigenvalue weighted by Crippen LogP contribution is 2.35. The van der Waals surface area contributed by atoms with Gasteiger partial charge < -0.3 is 0 Å². The summed E-state index contributed by atoms with van der Waals surface area (Å²) in [5.41, 5.74) is 5.16. The number of primary sulfonamides is 1. The van der Waals surface area contributed by atoms with Gasteiger partial charge in [0.25, 0.3) is 0 Å². The van der Waals surface area contributed by atoms with Gasteiger partial charge in [0.05, 0.1) is 16.1 Å². The first-order valence-corrected chi connectivity index (χ1v) is 8.88. The molecule has 2 aromatic carbocycles. The fourth-order valence-corrected chi connectivity index (χ4v) is 3.14. The smallest absolute Gasteiger partial charge is 0.238 e. The molecule has 3 aromatic rings. The average molecular weight is 371 g/mol. The summed E-state index contributed by atoms with van der Waals surface area (Å²) in [6.45, 7) is 0. The molecule has 0 amide bonds. The highest BCUT2D eigenvalue weighted by Gasteiger charge is 2.22. The van der Waals surface area contributed by atoms with Crippen molar-refractivity contribution in [1.82, 2.24) is 20.6 Å². The Kier molecular flexibility index (Phi) is 4.82. The maximum Gasteiger partial charge on any atom is 0.238 e. The summed E-state index contributed by atoms with van der Waals surface area (Å²) in [4.78, 5) is -0.0818. The van der Waals surface area contributed by atoms with Crippen LogP contribution in [-0.4, -0.2) is 41.5 Å². The zero-order chi connectivity index (χ0) is 18.6. The van der Waals surface area contributed by atoms with Gasteiger partial charge in [-0.25, -0.2) is 13.6 Å². The number of sulfonamides is 1. The lowest BCUT2D eigenvalue weighted by Gasteiger charge is -2.11. The number of hydrazone groups is 1. The lowest BCUT2D eigenvalue weighted by molar-refractivity contribution is -0.102. The van der Waals surface area contributed by atoms with Crippen LogP contribution < -0.4 is 16.0 Å². The molecule has 1 aromatic heterocycles. The quantitative estimate of drug-likeness (QED) is 0.334. The van der Waals surface area contributed by atoms with Crippen molar-refractivity contribution in [2.24, 2.45) is 10.2 Å². The highest BCUT2D eigenvalue weighted by molar-refractivity contribution is 7.89. The Bertz CT molecular complexity index is 1040. The van der Waals surface area contributed by atoms with Crippen molar-refractivity contribution >= 4 is 28.1 Å². The second kappa shape index (κ2) is 7.21. The maximum atomic E-state index is 12.0. The molecule has 26 heavy (non-hydrogen) atoms. The molecule has 0 radical (unpaired) electrons. The Morgan fingerprint density at radius 1 is 1.19 bits per heavy atom. The molecule has 1 heterocycles. The Labute approximate surface area is 148 Å². The third-order valence-electron chi connectivity index (χ3n) is 3.45. The van der Waals surface area contributed by atoms with E-state index in [-0.39, 0.29) is 16.3 Å². The third kappa shape index (κ3) is 3.63. The molecular weight excluding hydrogens is 356 g/mol. The van der Waals surface area contributed by atoms with Crippen LogP contribution in [0.2, 0.25) is 0 Å². The van der Waals surface area contributed by atoms with Crippen molar-refractivity contribution in [3.05, 3.63) is 42.5 Å². The molecule has 0 unspecified atom stereocenters. The zero-order valence-electron chi connectivity index (χ0n) is 13.4. The summed E-state index contributed by atoms with van der Waals surface area (Å²) >= 11 is 0. The summed E-state index contributed by atoms with van der Waals surface area (Å²) in [6.07, 6.45) is 2.72. The normalized spacial score (nSPS) is 11.6. The number of nitrogens with two attached hydrogens (primary N) is 2. The number of hydrogen-bond donors (Lipinski definition) is 4. The van der Waals surface area contributed by atoms with Crippen molar-refractivity contribution in [3.63, 3.8) is 0 Å². The Morgan fingerprint density at radius 2 is 1.96 bits per heavy atom. The lowest BCUT2D eigenvalue weighted by Crippen LogP contribution is -2.30. The standard InChI is InChI=1S/C15H14N8O2S/c16-8-9-18-19-11-6-4-10(5-7-11)12-2-1-3-13(26(17,24)25)14(12)15-20-22-23-21-15/h1-9,16,19H,(H2,17,24,25)(H,20,21,22,23)/p+1/b16-8?,18-9-. The van der Waals surface area contributed by atoms with E-state index in [2.05, 4.69) is 31.2 Å². The SMILES string of the molecule is NS(=O)(=O)c1cccc(-c2ccc(N/N=C\C=[NH2+])cc2)c1-c1nn[nH]n1. The molecule has 10 nitrogen and oxygen atoms in total. The van der Waals surface area contributed by atoms with Crippen LogP contribution in [0.3, 0.4) is 0 Å². The van der Waals surface area contributed by atoms with E-state index in [0.717, 1.165) is 11.3 Å². The molecule has 0 saturated heterocycles. The van der Waals surface area contributed by atoms with Gasteiger partial charge in [-0.15, -0.1) is 10.2 Å². The van der Waals surface area contributed by atoms with E-state index in [4.69, 9.17) is 10.5 Å². The number of tetrazole rings is 1. The topological polar surface area (TPSA) is 165 Å². The number of aromatic nitrogens is 4. The number of nitrogens with one attached hydrogen (secondary N) is 2. The summed E-state index contributed by atoms with van der Waals surface area (Å²) in [7, 11) is -3.98. The summed E-state index contributed by atoms with van der Waals surface area (Å²) in [5, 5.41) is 28.1. The molecule has 0 fully saturated rings. The van der Waals surface area contributed by atoms with Gasteiger partial charge in [0.15, 0.2) is 6.21 Å². The summed E-state index contributed by atoms with van der Waals surface area (Å²) in [6, 6.07) is 11.9. The highest BCUT2D eigenvalue weighted by atomic mass is 32.2. The van der Waals surface area contributed by atoms with Crippen LogP contribution in [0, 0.1) is 0 Å². The molecule has 0 aliphatic rings. The van der Waals surface area contributed by atoms with E-state index in [0.29, 0.717) is 5.56 Å². The summed E-state index contributed by atoms with van der Waals surface area (Å²) < 4.78 is 24.0. The van der Waals surface area contributed by atoms with Gasteiger partial charge in [0, 0.05) is 0 Å². The predicted octanol–water partition coefficient (Wildman–Crippen LogP) is -0.591. The van der Waals surface area contributed by atoms with Crippen LogP contribution in [0.5, 0.6) is 0 Å². The molecular formula is C15H15N8O2S+. The first-order chi connectivity index (χ1) is 12.5. The molecule has 0 aliphatic heterocycles.